The van der Waals surface area contributed by atoms with Crippen molar-refractivity contribution in [1.82, 2.24) is 15.5 Å². The van der Waals surface area contributed by atoms with Gasteiger partial charge in [-0.15, -0.1) is 0 Å². The van der Waals surface area contributed by atoms with Crippen molar-refractivity contribution in [3.63, 3.8) is 0 Å². The number of nitrogens with zero attached hydrogens (tertiary/aromatic N) is 1. The minimum atomic E-state index is -0.436. The topological polar surface area (TPSA) is 53.6 Å². The van der Waals surface area contributed by atoms with Gasteiger partial charge in [-0.05, 0) is 59.9 Å². The van der Waals surface area contributed by atoms with Gasteiger partial charge in [0.05, 0.1) is 0 Å². The Labute approximate surface area is 148 Å². The van der Waals surface area contributed by atoms with Gasteiger partial charge in [0.25, 0.3) is 0 Å². The van der Waals surface area contributed by atoms with Crippen LogP contribution in [0.4, 0.5) is 4.79 Å². The van der Waals surface area contributed by atoms with Crippen molar-refractivity contribution >= 4 is 6.09 Å². The van der Waals surface area contributed by atoms with Gasteiger partial charge in [-0.1, -0.05) is 19.8 Å². The van der Waals surface area contributed by atoms with Gasteiger partial charge in [0.15, 0.2) is 0 Å². The van der Waals surface area contributed by atoms with Gasteiger partial charge >= 0.3 is 6.09 Å². The first kappa shape index (κ1) is 21.2. The Hall–Kier alpha value is -0.810. The number of carbonyl (C=O) groups excluding carboxylic acids is 1. The summed E-state index contributed by atoms with van der Waals surface area (Å²) in [5.41, 5.74) is -0.436. The lowest BCUT2D eigenvalue weighted by Crippen LogP contribution is -2.43. The molecule has 24 heavy (non-hydrogen) atoms. The highest BCUT2D eigenvalue weighted by Gasteiger charge is 2.21. The van der Waals surface area contributed by atoms with Crippen molar-refractivity contribution in [3.8, 4) is 0 Å². The summed E-state index contributed by atoms with van der Waals surface area (Å²) in [6, 6.07) is 1.09. The van der Waals surface area contributed by atoms with Crippen molar-refractivity contribution < 1.29 is 9.53 Å². The standard InChI is InChI=1S/C19H39N3O2/c1-6-13-22(18(23)24-19(3,4)5)14-12-20-16(2)15-17-10-8-7-9-11-21-17/h16-17,20-21H,6-15H2,1-5H3. The molecule has 1 heterocycles. The maximum Gasteiger partial charge on any atom is 0.410 e. The highest BCUT2D eigenvalue weighted by atomic mass is 16.6. The maximum absolute atomic E-state index is 12.2. The van der Waals surface area contributed by atoms with Crippen LogP contribution in [0.1, 0.15) is 73.1 Å². The van der Waals surface area contributed by atoms with Gasteiger partial charge in [-0.25, -0.2) is 4.79 Å². The van der Waals surface area contributed by atoms with Gasteiger partial charge in [-0.2, -0.15) is 0 Å². The molecular weight excluding hydrogens is 302 g/mol. The van der Waals surface area contributed by atoms with E-state index in [-0.39, 0.29) is 6.09 Å². The Morgan fingerprint density at radius 2 is 2.04 bits per heavy atom. The third-order valence-corrected chi connectivity index (χ3v) is 4.32. The quantitative estimate of drug-likeness (QED) is 0.709. The van der Waals surface area contributed by atoms with Crippen LogP contribution in [0.3, 0.4) is 0 Å². The van der Waals surface area contributed by atoms with E-state index < -0.39 is 5.60 Å². The number of ether oxygens (including phenoxy) is 1. The minimum Gasteiger partial charge on any atom is -0.444 e. The monoisotopic (exact) mass is 341 g/mol. The lowest BCUT2D eigenvalue weighted by atomic mass is 10.0. The van der Waals surface area contributed by atoms with Crippen LogP contribution >= 0.6 is 0 Å². The van der Waals surface area contributed by atoms with Crippen molar-refractivity contribution in [2.45, 2.75) is 90.8 Å². The van der Waals surface area contributed by atoms with Gasteiger partial charge in [0.2, 0.25) is 0 Å². The normalized spacial score (nSPS) is 20.3. The lowest BCUT2D eigenvalue weighted by molar-refractivity contribution is 0.0250. The van der Waals surface area contributed by atoms with E-state index >= 15 is 0 Å². The Kier molecular flexibility index (Phi) is 9.67. The summed E-state index contributed by atoms with van der Waals surface area (Å²) in [5.74, 6) is 0. The summed E-state index contributed by atoms with van der Waals surface area (Å²) in [6.45, 7) is 13.5. The largest absolute Gasteiger partial charge is 0.444 e. The van der Waals surface area contributed by atoms with Crippen LogP contribution in [-0.2, 0) is 4.74 Å². The van der Waals surface area contributed by atoms with Gasteiger partial charge in [0, 0.05) is 31.7 Å². The molecule has 5 heteroatoms. The average molecular weight is 342 g/mol. The molecule has 0 saturated carbocycles. The van der Waals surface area contributed by atoms with Gasteiger partial charge < -0.3 is 20.3 Å². The van der Waals surface area contributed by atoms with E-state index in [1.54, 1.807) is 0 Å². The van der Waals surface area contributed by atoms with Crippen molar-refractivity contribution in [2.75, 3.05) is 26.2 Å². The lowest BCUT2D eigenvalue weighted by Gasteiger charge is -2.28. The van der Waals surface area contributed by atoms with E-state index in [0.29, 0.717) is 18.6 Å². The Morgan fingerprint density at radius 1 is 1.29 bits per heavy atom. The third-order valence-electron chi connectivity index (χ3n) is 4.32. The van der Waals surface area contributed by atoms with Gasteiger partial charge in [-0.3, -0.25) is 0 Å². The van der Waals surface area contributed by atoms with Crippen molar-refractivity contribution in [3.05, 3.63) is 0 Å². The second-order valence-electron chi connectivity index (χ2n) is 8.06. The highest BCUT2D eigenvalue weighted by molar-refractivity contribution is 5.68. The number of amides is 1. The second kappa shape index (κ2) is 10.9. The predicted octanol–water partition coefficient (Wildman–Crippen LogP) is 3.53. The molecule has 1 aliphatic heterocycles. The van der Waals surface area contributed by atoms with Crippen LogP contribution in [0.5, 0.6) is 0 Å². The fraction of sp³-hybridized carbons (Fsp3) is 0.947. The molecule has 0 spiro atoms. The fourth-order valence-electron chi connectivity index (χ4n) is 3.15. The Morgan fingerprint density at radius 3 is 2.71 bits per heavy atom. The van der Waals surface area contributed by atoms with E-state index in [0.717, 1.165) is 32.5 Å². The molecule has 2 atom stereocenters. The Bertz CT molecular complexity index is 347. The Balaban J connectivity index is 2.31. The summed E-state index contributed by atoms with van der Waals surface area (Å²) in [5, 5.41) is 7.22. The molecule has 0 aliphatic carbocycles. The zero-order valence-corrected chi connectivity index (χ0v) is 16.5. The first-order valence-corrected chi connectivity index (χ1v) is 9.76. The molecule has 0 aromatic heterocycles. The summed E-state index contributed by atoms with van der Waals surface area (Å²) in [7, 11) is 0. The molecule has 0 radical (unpaired) electrons. The summed E-state index contributed by atoms with van der Waals surface area (Å²) < 4.78 is 5.49. The molecule has 2 unspecified atom stereocenters. The average Bonchev–Trinajstić information content (AvgIpc) is 2.73. The third kappa shape index (κ3) is 9.48. The molecule has 142 valence electrons. The molecule has 1 rings (SSSR count). The second-order valence-corrected chi connectivity index (χ2v) is 8.06. The van der Waals surface area contributed by atoms with Crippen molar-refractivity contribution in [2.24, 2.45) is 0 Å². The molecular formula is C19H39N3O2. The van der Waals surface area contributed by atoms with Crippen LogP contribution in [0.25, 0.3) is 0 Å². The minimum absolute atomic E-state index is 0.204. The molecule has 1 saturated heterocycles. The summed E-state index contributed by atoms with van der Waals surface area (Å²) in [6.07, 6.45) is 7.18. The van der Waals surface area contributed by atoms with Crippen LogP contribution in [-0.4, -0.2) is 54.9 Å². The fourth-order valence-corrected chi connectivity index (χ4v) is 3.15. The molecule has 0 aromatic rings. The maximum atomic E-state index is 12.2. The molecule has 2 N–H and O–H groups in total. The molecule has 0 aromatic carbocycles. The summed E-state index contributed by atoms with van der Waals surface area (Å²) in [4.78, 5) is 14.1. The number of hydrogen-bond acceptors (Lipinski definition) is 4. The smallest absolute Gasteiger partial charge is 0.410 e. The first-order valence-electron chi connectivity index (χ1n) is 9.76. The number of carbonyl (C=O) groups is 1. The molecule has 1 aliphatic rings. The molecule has 1 amide bonds. The molecule has 5 nitrogen and oxygen atoms in total. The van der Waals surface area contributed by atoms with Crippen LogP contribution in [0.15, 0.2) is 0 Å². The molecule has 1 fully saturated rings. The van der Waals surface area contributed by atoms with Gasteiger partial charge in [0.1, 0.15) is 5.60 Å². The number of hydrogen-bond donors (Lipinski definition) is 2. The van der Waals surface area contributed by atoms with E-state index in [1.807, 2.05) is 25.7 Å². The molecule has 0 bridgehead atoms. The zero-order valence-electron chi connectivity index (χ0n) is 16.5. The zero-order chi connectivity index (χ0) is 18.0. The van der Waals surface area contributed by atoms with Crippen molar-refractivity contribution in [1.29, 1.82) is 0 Å². The summed E-state index contributed by atoms with van der Waals surface area (Å²) >= 11 is 0. The van der Waals surface area contributed by atoms with Crippen LogP contribution < -0.4 is 10.6 Å². The SMILES string of the molecule is CCCN(CCNC(C)CC1CCCCCN1)C(=O)OC(C)(C)C. The van der Waals surface area contributed by atoms with E-state index in [2.05, 4.69) is 24.5 Å². The van der Waals surface area contributed by atoms with E-state index in [1.165, 1.54) is 25.7 Å². The number of nitrogens with one attached hydrogen (secondary N) is 2. The highest BCUT2D eigenvalue weighted by Crippen LogP contribution is 2.13. The van der Waals surface area contributed by atoms with E-state index in [4.69, 9.17) is 4.74 Å². The van der Waals surface area contributed by atoms with E-state index in [9.17, 15) is 4.79 Å². The predicted molar refractivity (Wildman–Crippen MR) is 100 cm³/mol. The van der Waals surface area contributed by atoms with Crippen LogP contribution in [0.2, 0.25) is 0 Å². The first-order chi connectivity index (χ1) is 11.3. The van der Waals surface area contributed by atoms with Crippen LogP contribution in [0, 0.1) is 0 Å². The number of rotatable bonds is 8.